The average Bonchev–Trinajstić information content (AvgIpc) is 2.47. The molecule has 0 saturated carbocycles. The van der Waals surface area contributed by atoms with Crippen LogP contribution < -0.4 is 0 Å². The summed E-state index contributed by atoms with van der Waals surface area (Å²) < 4.78 is 29.6. The number of aliphatic hydroxyl groups excluding tert-OH is 1. The zero-order chi connectivity index (χ0) is 17.5. The van der Waals surface area contributed by atoms with Gasteiger partial charge in [0.2, 0.25) is 0 Å². The van der Waals surface area contributed by atoms with E-state index in [1.54, 1.807) is 12.1 Å². The van der Waals surface area contributed by atoms with Crippen molar-refractivity contribution < 1.29 is 22.9 Å². The Kier molecular flexibility index (Phi) is 4.79. The number of hydrogen-bond donors (Lipinski definition) is 2. The minimum absolute atomic E-state index is 0.0666. The first-order valence-electron chi connectivity index (χ1n) is 8.24. The Morgan fingerprint density at radius 3 is 2.04 bits per heavy atom. The Balaban J connectivity index is 0.000000144. The van der Waals surface area contributed by atoms with Gasteiger partial charge in [-0.3, -0.25) is 14.2 Å². The first-order valence-corrected chi connectivity index (χ1v) is 9.68. The van der Waals surface area contributed by atoms with Crippen molar-refractivity contribution in [3.8, 4) is 0 Å². The third kappa shape index (κ3) is 3.69. The number of carbonyl (C=O) groups is 1. The van der Waals surface area contributed by atoms with Crippen LogP contribution in [-0.2, 0) is 14.9 Å². The number of ketones is 1. The monoisotopic (exact) mass is 353 g/mol. The van der Waals surface area contributed by atoms with Gasteiger partial charge in [-0.2, -0.15) is 8.42 Å². The molecule has 24 heavy (non-hydrogen) atoms. The second-order valence-electron chi connectivity index (χ2n) is 7.03. The van der Waals surface area contributed by atoms with Gasteiger partial charge in [-0.05, 0) is 44.7 Å². The quantitative estimate of drug-likeness (QED) is 0.742. The van der Waals surface area contributed by atoms with Crippen molar-refractivity contribution in [1.29, 1.82) is 0 Å². The molecule has 1 aromatic rings. The molecule has 4 saturated heterocycles. The van der Waals surface area contributed by atoms with Crippen LogP contribution in [0, 0.1) is 12.8 Å². The number of hydrogen-bond acceptors (Lipinski definition) is 5. The van der Waals surface area contributed by atoms with Crippen molar-refractivity contribution in [1.82, 2.24) is 4.90 Å². The van der Waals surface area contributed by atoms with Crippen molar-refractivity contribution in [2.24, 2.45) is 5.92 Å². The zero-order valence-electron chi connectivity index (χ0n) is 13.6. The highest BCUT2D eigenvalue weighted by Crippen LogP contribution is 2.41. The van der Waals surface area contributed by atoms with Crippen LogP contribution in [0.5, 0.6) is 0 Å². The molecule has 4 fully saturated rings. The van der Waals surface area contributed by atoms with Crippen LogP contribution >= 0.6 is 0 Å². The predicted octanol–water partition coefficient (Wildman–Crippen LogP) is 1.41. The molecule has 0 radical (unpaired) electrons. The lowest BCUT2D eigenvalue weighted by Crippen LogP contribution is -2.62. The van der Waals surface area contributed by atoms with Crippen LogP contribution in [0.3, 0.4) is 0 Å². The van der Waals surface area contributed by atoms with E-state index < -0.39 is 10.1 Å². The van der Waals surface area contributed by atoms with Crippen molar-refractivity contribution >= 4 is 15.9 Å². The van der Waals surface area contributed by atoms with Gasteiger partial charge in [0, 0.05) is 18.0 Å². The first kappa shape index (κ1) is 17.5. The fraction of sp³-hybridized carbons (Fsp3) is 0.588. The molecule has 4 aliphatic heterocycles. The second-order valence-corrected chi connectivity index (χ2v) is 8.45. The van der Waals surface area contributed by atoms with Crippen LogP contribution in [-0.4, -0.2) is 53.5 Å². The highest BCUT2D eigenvalue weighted by atomic mass is 32.2. The van der Waals surface area contributed by atoms with Crippen LogP contribution in [0.2, 0.25) is 0 Å². The first-order chi connectivity index (χ1) is 11.2. The molecule has 5 rings (SSSR count). The number of rotatable bonds is 1. The Morgan fingerprint density at radius 1 is 1.04 bits per heavy atom. The number of carbonyl (C=O) groups excluding carboxylic acids is 1. The van der Waals surface area contributed by atoms with E-state index in [-0.39, 0.29) is 11.0 Å². The molecular weight excluding hydrogens is 330 g/mol. The van der Waals surface area contributed by atoms with Gasteiger partial charge < -0.3 is 5.11 Å². The second kappa shape index (κ2) is 6.55. The lowest BCUT2D eigenvalue weighted by Gasteiger charge is -2.53. The molecule has 3 unspecified atom stereocenters. The Labute approximate surface area is 142 Å². The summed E-state index contributed by atoms with van der Waals surface area (Å²) in [4.78, 5) is 13.7. The van der Waals surface area contributed by atoms with Crippen LogP contribution in [0.1, 0.15) is 31.2 Å². The van der Waals surface area contributed by atoms with Crippen LogP contribution in [0.15, 0.2) is 29.2 Å². The molecule has 5 atom stereocenters. The SMILES string of the molecule is Cc1ccc(S(=O)(=O)O)cc1.O=C1CN2C3CC(O)C[C@H]2C[C@H]1C3. The Hall–Kier alpha value is -1.28. The van der Waals surface area contributed by atoms with Gasteiger partial charge in [-0.15, -0.1) is 0 Å². The minimum Gasteiger partial charge on any atom is -0.393 e. The lowest BCUT2D eigenvalue weighted by atomic mass is 9.72. The van der Waals surface area contributed by atoms with Gasteiger partial charge in [-0.1, -0.05) is 17.7 Å². The number of benzene rings is 1. The summed E-state index contributed by atoms with van der Waals surface area (Å²) in [5.74, 6) is 0.761. The number of fused-ring (bicyclic) bond motifs is 1. The summed E-state index contributed by atoms with van der Waals surface area (Å²) in [5, 5.41) is 9.60. The van der Waals surface area contributed by atoms with Crippen molar-refractivity contribution in [2.45, 2.75) is 55.7 Å². The Morgan fingerprint density at radius 2 is 1.58 bits per heavy atom. The molecule has 1 aromatic carbocycles. The van der Waals surface area contributed by atoms with E-state index in [1.165, 1.54) is 12.1 Å². The third-order valence-electron chi connectivity index (χ3n) is 5.25. The molecule has 4 aliphatic rings. The van der Waals surface area contributed by atoms with E-state index >= 15 is 0 Å². The number of piperidine rings is 4. The molecular formula is C17H23NO5S. The van der Waals surface area contributed by atoms with E-state index in [0.29, 0.717) is 30.3 Å². The molecule has 132 valence electrons. The van der Waals surface area contributed by atoms with Crippen molar-refractivity contribution in [2.75, 3.05) is 6.54 Å². The molecule has 2 N–H and O–H groups in total. The van der Waals surface area contributed by atoms with Crippen molar-refractivity contribution in [3.63, 3.8) is 0 Å². The fourth-order valence-corrected chi connectivity index (χ4v) is 4.53. The maximum absolute atomic E-state index is 11.5. The van der Waals surface area contributed by atoms with Crippen molar-refractivity contribution in [3.05, 3.63) is 29.8 Å². The molecule has 0 aliphatic carbocycles. The molecule has 6 nitrogen and oxygen atoms in total. The lowest BCUT2D eigenvalue weighted by molar-refractivity contribution is -0.144. The van der Waals surface area contributed by atoms with Crippen LogP contribution in [0.4, 0.5) is 0 Å². The molecule has 0 aromatic heterocycles. The molecule has 7 heteroatoms. The zero-order valence-corrected chi connectivity index (χ0v) is 14.4. The summed E-state index contributed by atoms with van der Waals surface area (Å²) in [5.41, 5.74) is 0.956. The summed E-state index contributed by atoms with van der Waals surface area (Å²) >= 11 is 0. The van der Waals surface area contributed by atoms with E-state index in [4.69, 9.17) is 4.55 Å². The number of nitrogens with zero attached hydrogens (tertiary/aromatic N) is 1. The molecule has 0 spiro atoms. The van der Waals surface area contributed by atoms with E-state index in [9.17, 15) is 18.3 Å². The highest BCUT2D eigenvalue weighted by molar-refractivity contribution is 7.85. The van der Waals surface area contributed by atoms with Crippen LogP contribution in [0.25, 0.3) is 0 Å². The Bertz CT molecular complexity index is 699. The van der Waals surface area contributed by atoms with Gasteiger partial charge in [-0.25, -0.2) is 0 Å². The predicted molar refractivity (Wildman–Crippen MR) is 88.2 cm³/mol. The topological polar surface area (TPSA) is 94.9 Å². The number of Topliss-reactive ketones (excluding diaryl/α,β-unsaturated/α-hetero) is 1. The fourth-order valence-electron chi connectivity index (χ4n) is 4.05. The van der Waals surface area contributed by atoms with Gasteiger partial charge in [0.1, 0.15) is 5.78 Å². The maximum Gasteiger partial charge on any atom is 0.294 e. The summed E-state index contributed by atoms with van der Waals surface area (Å²) in [7, 11) is -4.02. The molecule has 0 amide bonds. The van der Waals surface area contributed by atoms with E-state index in [0.717, 1.165) is 31.2 Å². The van der Waals surface area contributed by atoms with Gasteiger partial charge in [0.25, 0.3) is 10.1 Å². The summed E-state index contributed by atoms with van der Waals surface area (Å²) in [6.07, 6.45) is 3.68. The molecule has 4 bridgehead atoms. The van der Waals surface area contributed by atoms with Gasteiger partial charge in [0.15, 0.2) is 0 Å². The maximum atomic E-state index is 11.5. The highest BCUT2D eigenvalue weighted by Gasteiger charge is 2.48. The number of aliphatic hydroxyl groups is 1. The van der Waals surface area contributed by atoms with Gasteiger partial charge in [0.05, 0.1) is 17.5 Å². The molecule has 4 heterocycles. The standard InChI is InChI=1S/C10H15NO2.C7H8O3S/c12-9-3-7-1-6-2-8(4-9)11(7)5-10(6)13;1-6-2-4-7(5-3-6)11(8,9)10/h6-9,12H,1-5H2;2-5H,1H3,(H,8,9,10)/t6-,7+,8?,9?;/m0./s1. The summed E-state index contributed by atoms with van der Waals surface area (Å²) in [6, 6.07) is 7.00. The number of aryl methyl sites for hydroxylation is 1. The van der Waals surface area contributed by atoms with Gasteiger partial charge >= 0.3 is 0 Å². The third-order valence-corrected chi connectivity index (χ3v) is 6.12. The summed E-state index contributed by atoms with van der Waals surface area (Å²) in [6.45, 7) is 2.50. The minimum atomic E-state index is -4.02. The van der Waals surface area contributed by atoms with E-state index in [2.05, 4.69) is 4.90 Å². The largest absolute Gasteiger partial charge is 0.393 e. The van der Waals surface area contributed by atoms with E-state index in [1.807, 2.05) is 6.92 Å². The normalized spacial score (nSPS) is 34.5. The smallest absolute Gasteiger partial charge is 0.294 e. The average molecular weight is 353 g/mol.